The van der Waals surface area contributed by atoms with Crippen LogP contribution in [0.2, 0.25) is 15.1 Å². The van der Waals surface area contributed by atoms with Crippen LogP contribution in [0.15, 0.2) is 54.6 Å². The lowest BCUT2D eigenvalue weighted by atomic mass is 10.0. The molecule has 1 aromatic heterocycles. The molecule has 4 rings (SSSR count). The summed E-state index contributed by atoms with van der Waals surface area (Å²) in [5.41, 5.74) is 3.57. The van der Waals surface area contributed by atoms with Gasteiger partial charge in [0.25, 0.3) is 0 Å². The van der Waals surface area contributed by atoms with Gasteiger partial charge in [0.2, 0.25) is 0 Å². The Morgan fingerprint density at radius 2 is 1.50 bits per heavy atom. The molecule has 1 heterocycles. The second-order valence-electron chi connectivity index (χ2n) is 8.60. The second-order valence-corrected chi connectivity index (χ2v) is 9.85. The van der Waals surface area contributed by atoms with Gasteiger partial charge in [-0.15, -0.1) is 0 Å². The van der Waals surface area contributed by atoms with Crippen molar-refractivity contribution in [2.24, 2.45) is 0 Å². The molecule has 0 saturated carbocycles. The number of alkyl carbamates (subject to hydrolysis) is 1. The topological polar surface area (TPSA) is 43.3 Å². The minimum Gasteiger partial charge on any atom is -0.444 e. The number of carbonyl (C=O) groups is 1. The van der Waals surface area contributed by atoms with Crippen molar-refractivity contribution >= 4 is 62.7 Å². The number of hydrogen-bond donors (Lipinski definition) is 1. The first-order chi connectivity index (χ1) is 15.1. The fraction of sp³-hybridized carbons (Fsp3) is 0.240. The van der Waals surface area contributed by atoms with Crippen LogP contribution < -0.4 is 5.32 Å². The van der Waals surface area contributed by atoms with Crippen molar-refractivity contribution in [1.29, 1.82) is 0 Å². The Labute approximate surface area is 202 Å². The van der Waals surface area contributed by atoms with E-state index in [0.717, 1.165) is 32.9 Å². The van der Waals surface area contributed by atoms with Crippen LogP contribution in [0.4, 0.5) is 4.79 Å². The van der Waals surface area contributed by atoms with Gasteiger partial charge in [-0.2, -0.15) is 0 Å². The third-order valence-electron chi connectivity index (χ3n) is 5.08. The fourth-order valence-electron chi connectivity index (χ4n) is 3.76. The standard InChI is InChI=1S/C25H23Cl3N2O2/c1-25(2,3)32-24(31)29-10-11-30-22-8-5-15(16-4-7-20(27)21(28)13-16)12-18(22)19-14-17(26)6-9-23(19)30/h4-9,12-14H,10-11H2,1-3H3,(H,29,31). The van der Waals surface area contributed by atoms with Crippen molar-refractivity contribution in [3.05, 3.63) is 69.7 Å². The number of benzene rings is 3. The van der Waals surface area contributed by atoms with E-state index in [1.54, 1.807) is 6.07 Å². The molecule has 0 unspecified atom stereocenters. The lowest BCUT2D eigenvalue weighted by Gasteiger charge is -2.19. The van der Waals surface area contributed by atoms with E-state index >= 15 is 0 Å². The molecule has 32 heavy (non-hydrogen) atoms. The Hall–Kier alpha value is -2.40. The van der Waals surface area contributed by atoms with Gasteiger partial charge in [0.15, 0.2) is 0 Å². The summed E-state index contributed by atoms with van der Waals surface area (Å²) < 4.78 is 7.51. The Bertz CT molecular complexity index is 1320. The normalized spacial score (nSPS) is 11.8. The molecule has 3 aromatic carbocycles. The molecule has 0 spiro atoms. The van der Waals surface area contributed by atoms with Crippen LogP contribution in [0.5, 0.6) is 0 Å². The van der Waals surface area contributed by atoms with E-state index in [4.69, 9.17) is 39.5 Å². The lowest BCUT2D eigenvalue weighted by molar-refractivity contribution is 0.0526. The Balaban J connectivity index is 1.71. The predicted molar refractivity (Wildman–Crippen MR) is 134 cm³/mol. The molecule has 0 radical (unpaired) electrons. The van der Waals surface area contributed by atoms with Gasteiger partial charge >= 0.3 is 6.09 Å². The molecule has 0 aliphatic rings. The highest BCUT2D eigenvalue weighted by Crippen LogP contribution is 2.35. The van der Waals surface area contributed by atoms with Gasteiger partial charge in [-0.25, -0.2) is 4.79 Å². The molecule has 4 aromatic rings. The first kappa shape index (κ1) is 22.8. The predicted octanol–water partition coefficient (Wildman–Crippen LogP) is 7.95. The monoisotopic (exact) mass is 488 g/mol. The van der Waals surface area contributed by atoms with Crippen molar-refractivity contribution in [2.75, 3.05) is 6.54 Å². The average Bonchev–Trinajstić information content (AvgIpc) is 3.01. The van der Waals surface area contributed by atoms with Gasteiger partial charge in [0.1, 0.15) is 5.60 Å². The fourth-order valence-corrected chi connectivity index (χ4v) is 4.23. The summed E-state index contributed by atoms with van der Waals surface area (Å²) >= 11 is 18.6. The summed E-state index contributed by atoms with van der Waals surface area (Å²) in [6.45, 7) is 6.55. The van der Waals surface area contributed by atoms with E-state index in [0.29, 0.717) is 28.2 Å². The molecule has 1 N–H and O–H groups in total. The van der Waals surface area contributed by atoms with E-state index in [1.165, 1.54) is 0 Å². The summed E-state index contributed by atoms with van der Waals surface area (Å²) in [5.74, 6) is 0. The van der Waals surface area contributed by atoms with Crippen molar-refractivity contribution in [1.82, 2.24) is 9.88 Å². The molecule has 166 valence electrons. The lowest BCUT2D eigenvalue weighted by Crippen LogP contribution is -2.34. The van der Waals surface area contributed by atoms with Crippen molar-refractivity contribution in [3.63, 3.8) is 0 Å². The molecular formula is C25H23Cl3N2O2. The van der Waals surface area contributed by atoms with Crippen LogP contribution in [0.1, 0.15) is 20.8 Å². The molecule has 0 atom stereocenters. The van der Waals surface area contributed by atoms with E-state index in [9.17, 15) is 4.79 Å². The van der Waals surface area contributed by atoms with Gasteiger partial charge in [0, 0.05) is 39.9 Å². The van der Waals surface area contributed by atoms with Gasteiger partial charge in [0.05, 0.1) is 10.0 Å². The molecule has 1 amide bonds. The molecule has 0 aliphatic heterocycles. The zero-order valence-corrected chi connectivity index (χ0v) is 20.3. The maximum atomic E-state index is 12.0. The average molecular weight is 490 g/mol. The van der Waals surface area contributed by atoms with Crippen LogP contribution >= 0.6 is 34.8 Å². The number of halogens is 3. The Morgan fingerprint density at radius 1 is 0.875 bits per heavy atom. The highest BCUT2D eigenvalue weighted by Gasteiger charge is 2.17. The highest BCUT2D eigenvalue weighted by molar-refractivity contribution is 6.42. The molecule has 0 saturated heterocycles. The molecule has 0 fully saturated rings. The highest BCUT2D eigenvalue weighted by atomic mass is 35.5. The van der Waals surface area contributed by atoms with E-state index in [2.05, 4.69) is 28.1 Å². The first-order valence-electron chi connectivity index (χ1n) is 10.3. The number of rotatable bonds is 4. The summed E-state index contributed by atoms with van der Waals surface area (Å²) in [7, 11) is 0. The van der Waals surface area contributed by atoms with Gasteiger partial charge < -0.3 is 14.6 Å². The Morgan fingerprint density at radius 3 is 2.19 bits per heavy atom. The second kappa shape index (κ2) is 8.86. The number of fused-ring (bicyclic) bond motifs is 3. The van der Waals surface area contributed by atoms with Crippen LogP contribution in [-0.4, -0.2) is 22.8 Å². The maximum absolute atomic E-state index is 12.0. The molecule has 0 bridgehead atoms. The summed E-state index contributed by atoms with van der Waals surface area (Å²) in [4.78, 5) is 12.0. The molecule has 4 nitrogen and oxygen atoms in total. The number of ether oxygens (including phenoxy) is 1. The zero-order chi connectivity index (χ0) is 23.0. The van der Waals surface area contributed by atoms with Crippen molar-refractivity contribution in [2.45, 2.75) is 32.9 Å². The zero-order valence-electron chi connectivity index (χ0n) is 18.0. The summed E-state index contributed by atoms with van der Waals surface area (Å²) in [5, 5.41) is 6.66. The van der Waals surface area contributed by atoms with Gasteiger partial charge in [-0.1, -0.05) is 46.9 Å². The molecule has 7 heteroatoms. The third-order valence-corrected chi connectivity index (χ3v) is 6.06. The van der Waals surface area contributed by atoms with E-state index in [-0.39, 0.29) is 0 Å². The van der Waals surface area contributed by atoms with Crippen LogP contribution in [0, 0.1) is 0 Å². The molecular weight excluding hydrogens is 467 g/mol. The summed E-state index contributed by atoms with van der Waals surface area (Å²) in [6.07, 6.45) is -0.428. The Kier molecular flexibility index (Phi) is 6.30. The maximum Gasteiger partial charge on any atom is 0.407 e. The van der Waals surface area contributed by atoms with Crippen LogP contribution in [0.25, 0.3) is 32.9 Å². The van der Waals surface area contributed by atoms with E-state index < -0.39 is 11.7 Å². The quantitative estimate of drug-likeness (QED) is 0.316. The number of amides is 1. The number of nitrogens with zero attached hydrogens (tertiary/aromatic N) is 1. The third kappa shape index (κ3) is 4.83. The van der Waals surface area contributed by atoms with Crippen LogP contribution in [0.3, 0.4) is 0 Å². The minimum atomic E-state index is -0.533. The first-order valence-corrected chi connectivity index (χ1v) is 11.4. The number of aromatic nitrogens is 1. The van der Waals surface area contributed by atoms with Crippen molar-refractivity contribution in [3.8, 4) is 11.1 Å². The molecule has 0 aliphatic carbocycles. The number of carbonyl (C=O) groups excluding carboxylic acids is 1. The van der Waals surface area contributed by atoms with E-state index in [1.807, 2.05) is 51.1 Å². The SMILES string of the molecule is CC(C)(C)OC(=O)NCCn1c2ccc(Cl)cc2c2cc(-c3ccc(Cl)c(Cl)c3)ccc21. The number of nitrogens with one attached hydrogen (secondary N) is 1. The van der Waals surface area contributed by atoms with Gasteiger partial charge in [-0.05, 0) is 74.4 Å². The minimum absolute atomic E-state index is 0.428. The van der Waals surface area contributed by atoms with Gasteiger partial charge in [-0.3, -0.25) is 0 Å². The van der Waals surface area contributed by atoms with Crippen molar-refractivity contribution < 1.29 is 9.53 Å². The number of hydrogen-bond acceptors (Lipinski definition) is 2. The smallest absolute Gasteiger partial charge is 0.407 e. The largest absolute Gasteiger partial charge is 0.444 e. The summed E-state index contributed by atoms with van der Waals surface area (Å²) in [6, 6.07) is 17.7. The van der Waals surface area contributed by atoms with Crippen LogP contribution in [-0.2, 0) is 11.3 Å².